The van der Waals surface area contributed by atoms with Crippen LogP contribution in [0.2, 0.25) is 0 Å². The van der Waals surface area contributed by atoms with E-state index >= 15 is 0 Å². The van der Waals surface area contributed by atoms with E-state index in [4.69, 9.17) is 5.14 Å². The first-order valence-electron chi connectivity index (χ1n) is 5.94. The second-order valence-corrected chi connectivity index (χ2v) is 6.67. The Kier molecular flexibility index (Phi) is 4.24. The molecule has 6 heteroatoms. The van der Waals surface area contributed by atoms with E-state index in [1.165, 1.54) is 10.9 Å². The molecular weight excluding hydrogens is 280 g/mol. The molecule has 3 N–H and O–H groups in total. The fourth-order valence-electron chi connectivity index (χ4n) is 1.89. The molecule has 4 nitrogen and oxygen atoms in total. The third-order valence-corrected chi connectivity index (χ3v) is 4.77. The van der Waals surface area contributed by atoms with Gasteiger partial charge in [-0.1, -0.05) is 25.1 Å². The Morgan fingerprint density at radius 2 is 2.00 bits per heavy atom. The van der Waals surface area contributed by atoms with Gasteiger partial charge in [-0.15, -0.1) is 11.3 Å². The smallest absolute Gasteiger partial charge is 0.240 e. The summed E-state index contributed by atoms with van der Waals surface area (Å²) in [6.07, 6.45) is 0.861. The van der Waals surface area contributed by atoms with Crippen molar-refractivity contribution in [3.8, 4) is 0 Å². The molecule has 0 bridgehead atoms. The fourth-order valence-corrected chi connectivity index (χ4v) is 3.45. The summed E-state index contributed by atoms with van der Waals surface area (Å²) in [6.45, 7) is 2.05. The van der Waals surface area contributed by atoms with Gasteiger partial charge in [0.2, 0.25) is 10.0 Å². The van der Waals surface area contributed by atoms with Crippen molar-refractivity contribution in [1.82, 2.24) is 0 Å². The van der Waals surface area contributed by atoms with E-state index in [9.17, 15) is 8.42 Å². The van der Waals surface area contributed by atoms with Crippen LogP contribution >= 0.6 is 11.3 Å². The van der Waals surface area contributed by atoms with E-state index in [0.29, 0.717) is 5.69 Å². The molecule has 0 radical (unpaired) electrons. The standard InChI is InChI=1S/C13H16N2O2S2/c1-2-10(12-7-5-9-18-12)15-11-6-3-4-8-13(11)19(14,16)17/h3-10,15H,2H2,1H3,(H2,14,16,17). The average Bonchev–Trinajstić information content (AvgIpc) is 2.89. The van der Waals surface area contributed by atoms with Gasteiger partial charge in [-0.25, -0.2) is 13.6 Å². The summed E-state index contributed by atoms with van der Waals surface area (Å²) in [5, 5.41) is 10.5. The maximum Gasteiger partial charge on any atom is 0.240 e. The molecule has 0 fully saturated rings. The molecular formula is C13H16N2O2S2. The summed E-state index contributed by atoms with van der Waals surface area (Å²) in [5.74, 6) is 0. The first-order chi connectivity index (χ1) is 9.02. The van der Waals surface area contributed by atoms with Crippen molar-refractivity contribution in [1.29, 1.82) is 0 Å². The van der Waals surface area contributed by atoms with Crippen LogP contribution in [-0.2, 0) is 10.0 Å². The number of sulfonamides is 1. The molecule has 1 aromatic carbocycles. The van der Waals surface area contributed by atoms with E-state index < -0.39 is 10.0 Å². The Labute approximate surface area is 117 Å². The zero-order chi connectivity index (χ0) is 13.9. The molecule has 0 aliphatic carbocycles. The SMILES string of the molecule is CCC(Nc1ccccc1S(N)(=O)=O)c1cccs1. The molecule has 0 aliphatic heterocycles. The van der Waals surface area contributed by atoms with Crippen molar-refractivity contribution in [3.63, 3.8) is 0 Å². The van der Waals surface area contributed by atoms with Crippen molar-refractivity contribution in [3.05, 3.63) is 46.7 Å². The highest BCUT2D eigenvalue weighted by Gasteiger charge is 2.17. The van der Waals surface area contributed by atoms with E-state index in [1.54, 1.807) is 29.5 Å². The highest BCUT2D eigenvalue weighted by atomic mass is 32.2. The van der Waals surface area contributed by atoms with Gasteiger partial charge in [0.15, 0.2) is 0 Å². The number of anilines is 1. The van der Waals surface area contributed by atoms with Gasteiger partial charge < -0.3 is 5.32 Å². The van der Waals surface area contributed by atoms with Crippen LogP contribution in [0, 0.1) is 0 Å². The number of primary sulfonamides is 1. The van der Waals surface area contributed by atoms with Gasteiger partial charge in [0, 0.05) is 4.88 Å². The molecule has 0 aliphatic rings. The Morgan fingerprint density at radius 3 is 2.58 bits per heavy atom. The number of benzene rings is 1. The Morgan fingerprint density at radius 1 is 1.26 bits per heavy atom. The number of nitrogens with one attached hydrogen (secondary N) is 1. The highest BCUT2D eigenvalue weighted by Crippen LogP contribution is 2.29. The van der Waals surface area contributed by atoms with Crippen molar-refractivity contribution in [2.24, 2.45) is 5.14 Å². The second-order valence-electron chi connectivity index (χ2n) is 4.16. The van der Waals surface area contributed by atoms with Gasteiger partial charge >= 0.3 is 0 Å². The van der Waals surface area contributed by atoms with Crippen LogP contribution in [0.25, 0.3) is 0 Å². The number of thiophene rings is 1. The summed E-state index contributed by atoms with van der Waals surface area (Å²) in [6, 6.07) is 10.8. The maximum atomic E-state index is 11.6. The third kappa shape index (κ3) is 3.34. The lowest BCUT2D eigenvalue weighted by molar-refractivity contribution is 0.597. The minimum atomic E-state index is -3.72. The maximum absolute atomic E-state index is 11.6. The van der Waals surface area contributed by atoms with Crippen LogP contribution in [0.4, 0.5) is 5.69 Å². The van der Waals surface area contributed by atoms with Gasteiger partial charge in [-0.2, -0.15) is 0 Å². The molecule has 1 aromatic heterocycles. The first-order valence-corrected chi connectivity index (χ1v) is 8.36. The number of nitrogens with two attached hydrogens (primary N) is 1. The van der Waals surface area contributed by atoms with Crippen LogP contribution in [-0.4, -0.2) is 8.42 Å². The van der Waals surface area contributed by atoms with E-state index in [1.807, 2.05) is 17.5 Å². The third-order valence-electron chi connectivity index (χ3n) is 2.82. The van der Waals surface area contributed by atoms with Crippen molar-refractivity contribution < 1.29 is 8.42 Å². The highest BCUT2D eigenvalue weighted by molar-refractivity contribution is 7.89. The van der Waals surface area contributed by atoms with Gasteiger partial charge in [0.05, 0.1) is 11.7 Å². The number of hydrogen-bond donors (Lipinski definition) is 2. The normalized spacial score (nSPS) is 13.2. The molecule has 19 heavy (non-hydrogen) atoms. The molecule has 0 amide bonds. The molecule has 0 saturated heterocycles. The minimum Gasteiger partial charge on any atom is -0.376 e. The summed E-state index contributed by atoms with van der Waals surface area (Å²) in [7, 11) is -3.72. The van der Waals surface area contributed by atoms with Gasteiger partial charge in [-0.05, 0) is 30.0 Å². The summed E-state index contributed by atoms with van der Waals surface area (Å²) in [5.41, 5.74) is 0.547. The first kappa shape index (κ1) is 14.0. The van der Waals surface area contributed by atoms with Crippen LogP contribution < -0.4 is 10.5 Å². The van der Waals surface area contributed by atoms with Gasteiger partial charge in [-0.3, -0.25) is 0 Å². The predicted octanol–water partition coefficient (Wildman–Crippen LogP) is 2.96. The van der Waals surface area contributed by atoms with E-state index in [-0.39, 0.29) is 10.9 Å². The molecule has 1 atom stereocenters. The molecule has 102 valence electrons. The monoisotopic (exact) mass is 296 g/mol. The largest absolute Gasteiger partial charge is 0.376 e. The van der Waals surface area contributed by atoms with Crippen LogP contribution in [0.1, 0.15) is 24.3 Å². The number of para-hydroxylation sites is 1. The molecule has 0 saturated carbocycles. The van der Waals surface area contributed by atoms with Crippen molar-refractivity contribution in [2.45, 2.75) is 24.3 Å². The lowest BCUT2D eigenvalue weighted by atomic mass is 10.1. The number of hydrogen-bond acceptors (Lipinski definition) is 4. The summed E-state index contributed by atoms with van der Waals surface area (Å²) in [4.78, 5) is 1.30. The van der Waals surface area contributed by atoms with Crippen molar-refractivity contribution in [2.75, 3.05) is 5.32 Å². The van der Waals surface area contributed by atoms with Crippen LogP contribution in [0.15, 0.2) is 46.7 Å². The Balaban J connectivity index is 2.33. The van der Waals surface area contributed by atoms with Crippen molar-refractivity contribution >= 4 is 27.0 Å². The molecule has 2 aromatic rings. The molecule has 0 spiro atoms. The molecule has 2 rings (SSSR count). The second kappa shape index (κ2) is 5.73. The summed E-state index contributed by atoms with van der Waals surface area (Å²) >= 11 is 1.65. The van der Waals surface area contributed by atoms with Gasteiger partial charge in [0.25, 0.3) is 0 Å². The predicted molar refractivity (Wildman–Crippen MR) is 78.8 cm³/mol. The quantitative estimate of drug-likeness (QED) is 0.891. The molecule has 1 heterocycles. The number of rotatable bonds is 5. The van der Waals surface area contributed by atoms with E-state index in [0.717, 1.165) is 6.42 Å². The van der Waals surface area contributed by atoms with Crippen LogP contribution in [0.5, 0.6) is 0 Å². The zero-order valence-corrected chi connectivity index (χ0v) is 12.2. The summed E-state index contributed by atoms with van der Waals surface area (Å²) < 4.78 is 23.1. The van der Waals surface area contributed by atoms with Crippen LogP contribution in [0.3, 0.4) is 0 Å². The lowest BCUT2D eigenvalue weighted by Crippen LogP contribution is -2.16. The lowest BCUT2D eigenvalue weighted by Gasteiger charge is -2.18. The topological polar surface area (TPSA) is 72.2 Å². The Bertz CT molecular complexity index is 636. The zero-order valence-electron chi connectivity index (χ0n) is 10.5. The van der Waals surface area contributed by atoms with E-state index in [2.05, 4.69) is 12.2 Å². The minimum absolute atomic E-state index is 0.0860. The molecule has 1 unspecified atom stereocenters. The Hall–Kier alpha value is -1.37. The van der Waals surface area contributed by atoms with Gasteiger partial charge in [0.1, 0.15) is 4.90 Å². The fraction of sp³-hybridized carbons (Fsp3) is 0.231. The average molecular weight is 296 g/mol.